The minimum atomic E-state index is -0.607. The number of benzene rings is 1. The van der Waals surface area contributed by atoms with Crippen molar-refractivity contribution in [2.24, 2.45) is 5.41 Å². The van der Waals surface area contributed by atoms with E-state index < -0.39 is 5.41 Å². The zero-order valence-electron chi connectivity index (χ0n) is 16.5. The molecule has 0 atom stereocenters. The van der Waals surface area contributed by atoms with E-state index in [9.17, 15) is 9.59 Å². The predicted molar refractivity (Wildman–Crippen MR) is 103 cm³/mol. The highest BCUT2D eigenvalue weighted by Gasteiger charge is 2.34. The second-order valence-electron chi connectivity index (χ2n) is 7.02. The Morgan fingerprint density at radius 3 is 1.85 bits per heavy atom. The average molecular weight is 399 g/mol. The van der Waals surface area contributed by atoms with Crippen molar-refractivity contribution >= 4 is 23.4 Å². The van der Waals surface area contributed by atoms with Crippen molar-refractivity contribution < 1.29 is 23.8 Å². The van der Waals surface area contributed by atoms with Gasteiger partial charge in [-0.1, -0.05) is 0 Å². The first-order valence-electron chi connectivity index (χ1n) is 8.73. The number of hydrogen-bond donors (Lipinski definition) is 0. The monoisotopic (exact) mass is 398 g/mol. The summed E-state index contributed by atoms with van der Waals surface area (Å²) in [5.41, 5.74) is -0.157. The number of amides is 2. The fourth-order valence-corrected chi connectivity index (χ4v) is 3.10. The predicted octanol–water partition coefficient (Wildman–Crippen LogP) is 2.26. The lowest BCUT2D eigenvalue weighted by Crippen LogP contribution is -2.53. The number of carbonyl (C=O) groups is 2. The van der Waals surface area contributed by atoms with Crippen LogP contribution in [-0.4, -0.2) is 75.0 Å². The summed E-state index contributed by atoms with van der Waals surface area (Å²) in [6.07, 6.45) is 0. The van der Waals surface area contributed by atoms with Crippen molar-refractivity contribution in [3.8, 4) is 17.2 Å². The number of piperazine rings is 1. The number of methoxy groups -OCH3 is 3. The van der Waals surface area contributed by atoms with Crippen LogP contribution in [0.3, 0.4) is 0 Å². The molecule has 0 radical (unpaired) electrons. The summed E-state index contributed by atoms with van der Waals surface area (Å²) < 4.78 is 15.9. The minimum Gasteiger partial charge on any atom is -0.493 e. The second-order valence-corrected chi connectivity index (χ2v) is 7.28. The topological polar surface area (TPSA) is 68.3 Å². The Bertz CT molecular complexity index is 674. The molecule has 2 rings (SSSR count). The molecule has 1 aliphatic rings. The molecule has 0 aliphatic carbocycles. The van der Waals surface area contributed by atoms with Crippen molar-refractivity contribution in [3.05, 3.63) is 17.7 Å². The number of halogens is 1. The third-order valence-corrected chi connectivity index (χ3v) is 5.35. The van der Waals surface area contributed by atoms with Crippen LogP contribution in [0, 0.1) is 5.41 Å². The summed E-state index contributed by atoms with van der Waals surface area (Å²) in [5, 5.41) is 0. The molecule has 0 spiro atoms. The number of hydrogen-bond acceptors (Lipinski definition) is 5. The van der Waals surface area contributed by atoms with Crippen LogP contribution in [0.25, 0.3) is 0 Å². The van der Waals surface area contributed by atoms with Gasteiger partial charge in [0, 0.05) is 37.6 Å². The Hall–Kier alpha value is -2.15. The van der Waals surface area contributed by atoms with Crippen molar-refractivity contribution in [3.63, 3.8) is 0 Å². The summed E-state index contributed by atoms with van der Waals surface area (Å²) in [5.74, 6) is 1.43. The molecule has 1 aliphatic heterocycles. The smallest absolute Gasteiger partial charge is 0.254 e. The normalized spacial score (nSPS) is 14.7. The van der Waals surface area contributed by atoms with Crippen LogP contribution in [0.1, 0.15) is 24.2 Å². The van der Waals surface area contributed by atoms with E-state index in [1.807, 2.05) is 13.8 Å². The lowest BCUT2D eigenvalue weighted by atomic mass is 9.94. The summed E-state index contributed by atoms with van der Waals surface area (Å²) in [6.45, 7) is 5.54. The summed E-state index contributed by atoms with van der Waals surface area (Å²) >= 11 is 5.90. The highest BCUT2D eigenvalue weighted by Crippen LogP contribution is 2.38. The molecule has 0 N–H and O–H groups in total. The highest BCUT2D eigenvalue weighted by molar-refractivity contribution is 6.19. The molecule has 0 saturated carbocycles. The Kier molecular flexibility index (Phi) is 6.81. The van der Waals surface area contributed by atoms with Crippen molar-refractivity contribution in [1.82, 2.24) is 9.80 Å². The lowest BCUT2D eigenvalue weighted by Gasteiger charge is -2.38. The highest BCUT2D eigenvalue weighted by atomic mass is 35.5. The van der Waals surface area contributed by atoms with E-state index in [0.717, 1.165) is 0 Å². The Balaban J connectivity index is 2.13. The van der Waals surface area contributed by atoms with Gasteiger partial charge in [0.25, 0.3) is 5.91 Å². The average Bonchev–Trinajstić information content (AvgIpc) is 2.71. The van der Waals surface area contributed by atoms with Gasteiger partial charge >= 0.3 is 0 Å². The van der Waals surface area contributed by atoms with Gasteiger partial charge in [0.15, 0.2) is 11.5 Å². The Labute approximate surface area is 165 Å². The Morgan fingerprint density at radius 1 is 0.963 bits per heavy atom. The van der Waals surface area contributed by atoms with Gasteiger partial charge in [-0.05, 0) is 26.0 Å². The van der Waals surface area contributed by atoms with Gasteiger partial charge in [0.1, 0.15) is 0 Å². The third kappa shape index (κ3) is 4.40. The first-order chi connectivity index (χ1) is 12.8. The SMILES string of the molecule is COc1cc(C(=O)N2CCN(C(=O)C(C)(C)CCl)CC2)cc(OC)c1OC. The van der Waals surface area contributed by atoms with Crippen LogP contribution in [0.4, 0.5) is 0 Å². The molecular weight excluding hydrogens is 372 g/mol. The molecule has 1 aromatic rings. The Morgan fingerprint density at radius 2 is 1.44 bits per heavy atom. The van der Waals surface area contributed by atoms with Crippen LogP contribution in [0.5, 0.6) is 17.2 Å². The van der Waals surface area contributed by atoms with E-state index in [0.29, 0.717) is 49.0 Å². The van der Waals surface area contributed by atoms with Crippen LogP contribution in [0.2, 0.25) is 0 Å². The maximum absolute atomic E-state index is 12.9. The first kappa shape index (κ1) is 21.2. The maximum Gasteiger partial charge on any atom is 0.254 e. The number of carbonyl (C=O) groups excluding carboxylic acids is 2. The minimum absolute atomic E-state index is 0.0115. The van der Waals surface area contributed by atoms with E-state index in [4.69, 9.17) is 25.8 Å². The van der Waals surface area contributed by atoms with Crippen LogP contribution >= 0.6 is 11.6 Å². The molecule has 7 nitrogen and oxygen atoms in total. The number of nitrogens with zero attached hydrogens (tertiary/aromatic N) is 2. The van der Waals surface area contributed by atoms with Gasteiger partial charge in [-0.2, -0.15) is 0 Å². The second kappa shape index (κ2) is 8.69. The van der Waals surface area contributed by atoms with Gasteiger partial charge < -0.3 is 24.0 Å². The largest absolute Gasteiger partial charge is 0.493 e. The van der Waals surface area contributed by atoms with Gasteiger partial charge in [-0.15, -0.1) is 11.6 Å². The third-order valence-electron chi connectivity index (χ3n) is 4.68. The van der Waals surface area contributed by atoms with Crippen molar-refractivity contribution in [2.45, 2.75) is 13.8 Å². The molecular formula is C19H27ClN2O5. The number of rotatable bonds is 6. The summed E-state index contributed by atoms with van der Waals surface area (Å²) in [6, 6.07) is 3.27. The standard InChI is InChI=1S/C19H27ClN2O5/c1-19(2,12-20)18(24)22-8-6-21(7-9-22)17(23)13-10-14(25-3)16(27-5)15(11-13)26-4/h10-11H,6-9,12H2,1-5H3. The van der Waals surface area contributed by atoms with Crippen molar-refractivity contribution in [2.75, 3.05) is 53.4 Å². The van der Waals surface area contributed by atoms with E-state index in [1.165, 1.54) is 21.3 Å². The fourth-order valence-electron chi connectivity index (χ4n) is 2.98. The lowest BCUT2D eigenvalue weighted by molar-refractivity contribution is -0.140. The zero-order chi connectivity index (χ0) is 20.2. The summed E-state index contributed by atoms with van der Waals surface area (Å²) in [4.78, 5) is 28.9. The number of ether oxygens (including phenoxy) is 3. The molecule has 1 heterocycles. The molecule has 8 heteroatoms. The van der Waals surface area contributed by atoms with Crippen LogP contribution < -0.4 is 14.2 Å². The van der Waals surface area contributed by atoms with Crippen LogP contribution in [-0.2, 0) is 4.79 Å². The molecule has 2 amide bonds. The molecule has 1 fully saturated rings. The summed E-state index contributed by atoms with van der Waals surface area (Å²) in [7, 11) is 4.53. The maximum atomic E-state index is 12.9. The molecule has 0 unspecified atom stereocenters. The zero-order valence-corrected chi connectivity index (χ0v) is 17.3. The number of alkyl halides is 1. The molecule has 0 bridgehead atoms. The van der Waals surface area contributed by atoms with Gasteiger partial charge in [0.05, 0.1) is 26.7 Å². The van der Waals surface area contributed by atoms with Gasteiger partial charge in [-0.25, -0.2) is 0 Å². The molecule has 150 valence electrons. The van der Waals surface area contributed by atoms with E-state index >= 15 is 0 Å². The molecule has 1 aromatic carbocycles. The van der Waals surface area contributed by atoms with Crippen molar-refractivity contribution in [1.29, 1.82) is 0 Å². The van der Waals surface area contributed by atoms with E-state index in [1.54, 1.807) is 21.9 Å². The van der Waals surface area contributed by atoms with E-state index in [-0.39, 0.29) is 17.7 Å². The fraction of sp³-hybridized carbons (Fsp3) is 0.579. The van der Waals surface area contributed by atoms with E-state index in [2.05, 4.69) is 0 Å². The van der Waals surface area contributed by atoms with Gasteiger partial charge in [-0.3, -0.25) is 9.59 Å². The molecule has 27 heavy (non-hydrogen) atoms. The van der Waals surface area contributed by atoms with Gasteiger partial charge in [0.2, 0.25) is 11.7 Å². The first-order valence-corrected chi connectivity index (χ1v) is 9.27. The molecule has 0 aromatic heterocycles. The van der Waals surface area contributed by atoms with Crippen LogP contribution in [0.15, 0.2) is 12.1 Å². The quantitative estimate of drug-likeness (QED) is 0.687. The molecule has 1 saturated heterocycles.